The zero-order valence-corrected chi connectivity index (χ0v) is 10.8. The van der Waals surface area contributed by atoms with E-state index < -0.39 is 5.82 Å². The number of anilines is 1. The van der Waals surface area contributed by atoms with Gasteiger partial charge in [-0.1, -0.05) is 16.8 Å². The SMILES string of the molecule is Nc1ccc(F)c(-c2nc(-c3ncccc3Cl)no2)c1. The fourth-order valence-electron chi connectivity index (χ4n) is 1.69. The lowest BCUT2D eigenvalue weighted by atomic mass is 10.2. The first kappa shape index (κ1) is 12.6. The number of hydrogen-bond donors (Lipinski definition) is 1. The maximum Gasteiger partial charge on any atom is 0.261 e. The molecule has 5 nitrogen and oxygen atoms in total. The van der Waals surface area contributed by atoms with Crippen LogP contribution in [0, 0.1) is 5.82 Å². The Labute approximate surface area is 118 Å². The van der Waals surface area contributed by atoms with Gasteiger partial charge in [-0.3, -0.25) is 4.98 Å². The van der Waals surface area contributed by atoms with Crippen molar-refractivity contribution in [3.8, 4) is 23.0 Å². The highest BCUT2D eigenvalue weighted by Crippen LogP contribution is 2.27. The second-order valence-corrected chi connectivity index (χ2v) is 4.40. The molecule has 0 amide bonds. The second-order valence-electron chi connectivity index (χ2n) is 4.00. The first-order chi connectivity index (χ1) is 9.65. The third-order valence-electron chi connectivity index (χ3n) is 2.62. The molecule has 20 heavy (non-hydrogen) atoms. The standard InChI is InChI=1S/C13H8ClFN4O/c14-9-2-1-5-17-11(9)12-18-13(20-19-12)8-6-7(16)3-4-10(8)15/h1-6H,16H2. The molecule has 0 saturated heterocycles. The summed E-state index contributed by atoms with van der Waals surface area (Å²) >= 11 is 5.99. The van der Waals surface area contributed by atoms with Crippen LogP contribution in [-0.4, -0.2) is 15.1 Å². The van der Waals surface area contributed by atoms with E-state index in [-0.39, 0.29) is 17.3 Å². The van der Waals surface area contributed by atoms with E-state index >= 15 is 0 Å². The molecule has 0 fully saturated rings. The van der Waals surface area contributed by atoms with Gasteiger partial charge in [-0.05, 0) is 30.3 Å². The van der Waals surface area contributed by atoms with Crippen molar-refractivity contribution in [2.45, 2.75) is 0 Å². The van der Waals surface area contributed by atoms with Crippen LogP contribution in [0.25, 0.3) is 23.0 Å². The molecule has 0 aliphatic rings. The zero-order valence-electron chi connectivity index (χ0n) is 10.0. The largest absolute Gasteiger partial charge is 0.399 e. The van der Waals surface area contributed by atoms with E-state index in [9.17, 15) is 4.39 Å². The van der Waals surface area contributed by atoms with Crippen molar-refractivity contribution >= 4 is 17.3 Å². The number of aromatic nitrogens is 3. The van der Waals surface area contributed by atoms with E-state index in [0.29, 0.717) is 16.4 Å². The molecular formula is C13H8ClFN4O. The number of nitrogens with two attached hydrogens (primary N) is 1. The normalized spacial score (nSPS) is 10.7. The van der Waals surface area contributed by atoms with E-state index in [4.69, 9.17) is 21.9 Å². The van der Waals surface area contributed by atoms with Gasteiger partial charge in [0, 0.05) is 11.9 Å². The Hall–Kier alpha value is -2.47. The van der Waals surface area contributed by atoms with Crippen LogP contribution in [0.15, 0.2) is 41.1 Å². The van der Waals surface area contributed by atoms with Crippen molar-refractivity contribution in [3.05, 3.63) is 47.4 Å². The number of nitrogens with zero attached hydrogens (tertiary/aromatic N) is 3. The summed E-state index contributed by atoms with van der Waals surface area (Å²) in [6.45, 7) is 0. The van der Waals surface area contributed by atoms with E-state index in [1.165, 1.54) is 18.2 Å². The highest BCUT2D eigenvalue weighted by atomic mass is 35.5. The van der Waals surface area contributed by atoms with E-state index in [1.54, 1.807) is 18.3 Å². The number of nitrogen functional groups attached to an aromatic ring is 1. The van der Waals surface area contributed by atoms with Crippen LogP contribution in [-0.2, 0) is 0 Å². The Bertz CT molecular complexity index is 775. The highest BCUT2D eigenvalue weighted by Gasteiger charge is 2.16. The van der Waals surface area contributed by atoms with Crippen LogP contribution in [0.2, 0.25) is 5.02 Å². The average Bonchev–Trinajstić information content (AvgIpc) is 2.91. The molecule has 2 heterocycles. The summed E-state index contributed by atoms with van der Waals surface area (Å²) < 4.78 is 18.8. The van der Waals surface area contributed by atoms with E-state index in [1.807, 2.05) is 0 Å². The molecule has 7 heteroatoms. The summed E-state index contributed by atoms with van der Waals surface area (Å²) in [4.78, 5) is 8.15. The fourth-order valence-corrected chi connectivity index (χ4v) is 1.89. The minimum absolute atomic E-state index is 0.0199. The van der Waals surface area contributed by atoms with Gasteiger partial charge in [0.25, 0.3) is 5.89 Å². The topological polar surface area (TPSA) is 77.8 Å². The van der Waals surface area contributed by atoms with Gasteiger partial charge in [-0.15, -0.1) is 0 Å². The molecule has 0 aliphatic carbocycles. The quantitative estimate of drug-likeness (QED) is 0.733. The number of halogens is 2. The Morgan fingerprint density at radius 1 is 1.25 bits per heavy atom. The highest BCUT2D eigenvalue weighted by molar-refractivity contribution is 6.32. The molecule has 3 rings (SSSR count). The van der Waals surface area contributed by atoms with Gasteiger partial charge in [0.1, 0.15) is 11.5 Å². The predicted octanol–water partition coefficient (Wildman–Crippen LogP) is 3.17. The number of benzene rings is 1. The predicted molar refractivity (Wildman–Crippen MR) is 72.3 cm³/mol. The monoisotopic (exact) mass is 290 g/mol. The van der Waals surface area contributed by atoms with Gasteiger partial charge < -0.3 is 10.3 Å². The fraction of sp³-hybridized carbons (Fsp3) is 0. The van der Waals surface area contributed by atoms with Gasteiger partial charge in [-0.2, -0.15) is 4.98 Å². The Balaban J connectivity index is 2.07. The molecule has 2 N–H and O–H groups in total. The molecule has 3 aromatic rings. The summed E-state index contributed by atoms with van der Waals surface area (Å²) in [5.41, 5.74) is 6.52. The lowest BCUT2D eigenvalue weighted by Gasteiger charge is -1.98. The average molecular weight is 291 g/mol. The van der Waals surface area contributed by atoms with Crippen molar-refractivity contribution in [1.29, 1.82) is 0 Å². The Kier molecular flexibility index (Phi) is 3.08. The lowest BCUT2D eigenvalue weighted by molar-refractivity contribution is 0.429. The maximum atomic E-state index is 13.7. The van der Waals surface area contributed by atoms with Crippen molar-refractivity contribution < 1.29 is 8.91 Å². The summed E-state index contributed by atoms with van der Waals surface area (Å²) in [7, 11) is 0. The first-order valence-corrected chi connectivity index (χ1v) is 6.03. The van der Waals surface area contributed by atoms with Crippen LogP contribution in [0.1, 0.15) is 0 Å². The van der Waals surface area contributed by atoms with Crippen LogP contribution in [0.3, 0.4) is 0 Å². The van der Waals surface area contributed by atoms with E-state index in [2.05, 4.69) is 15.1 Å². The number of rotatable bonds is 2. The van der Waals surface area contributed by atoms with Crippen LogP contribution in [0.5, 0.6) is 0 Å². The second kappa shape index (κ2) is 4.90. The molecule has 2 aromatic heterocycles. The molecule has 0 unspecified atom stereocenters. The first-order valence-electron chi connectivity index (χ1n) is 5.65. The molecule has 0 radical (unpaired) electrons. The number of hydrogen-bond acceptors (Lipinski definition) is 5. The van der Waals surface area contributed by atoms with Crippen molar-refractivity contribution in [2.24, 2.45) is 0 Å². The van der Waals surface area contributed by atoms with Gasteiger partial charge >= 0.3 is 0 Å². The molecule has 0 aliphatic heterocycles. The van der Waals surface area contributed by atoms with E-state index in [0.717, 1.165) is 0 Å². The van der Waals surface area contributed by atoms with Crippen LogP contribution < -0.4 is 5.73 Å². The van der Waals surface area contributed by atoms with Crippen molar-refractivity contribution in [1.82, 2.24) is 15.1 Å². The Morgan fingerprint density at radius 2 is 2.10 bits per heavy atom. The third kappa shape index (κ3) is 2.21. The molecule has 0 bridgehead atoms. The lowest BCUT2D eigenvalue weighted by Crippen LogP contribution is -1.90. The molecule has 1 aromatic carbocycles. The van der Waals surface area contributed by atoms with Gasteiger partial charge in [-0.25, -0.2) is 4.39 Å². The van der Waals surface area contributed by atoms with Crippen molar-refractivity contribution in [3.63, 3.8) is 0 Å². The summed E-state index contributed by atoms with van der Waals surface area (Å²) in [6.07, 6.45) is 1.55. The van der Waals surface area contributed by atoms with Gasteiger partial charge in [0.15, 0.2) is 0 Å². The molecule has 100 valence electrons. The van der Waals surface area contributed by atoms with Crippen LogP contribution in [0.4, 0.5) is 10.1 Å². The maximum absolute atomic E-state index is 13.7. The van der Waals surface area contributed by atoms with Crippen molar-refractivity contribution in [2.75, 3.05) is 5.73 Å². The minimum Gasteiger partial charge on any atom is -0.399 e. The number of pyridine rings is 1. The van der Waals surface area contributed by atoms with Crippen LogP contribution >= 0.6 is 11.6 Å². The Morgan fingerprint density at radius 3 is 2.90 bits per heavy atom. The molecule has 0 atom stereocenters. The summed E-state index contributed by atoms with van der Waals surface area (Å²) in [6, 6.07) is 7.45. The molecular weight excluding hydrogens is 283 g/mol. The van der Waals surface area contributed by atoms with Gasteiger partial charge in [0.2, 0.25) is 5.82 Å². The molecule has 0 saturated carbocycles. The smallest absolute Gasteiger partial charge is 0.261 e. The zero-order chi connectivity index (χ0) is 14.1. The third-order valence-corrected chi connectivity index (χ3v) is 2.92. The summed E-state index contributed by atoms with van der Waals surface area (Å²) in [5, 5.41) is 4.14. The van der Waals surface area contributed by atoms with Gasteiger partial charge in [0.05, 0.1) is 10.6 Å². The summed E-state index contributed by atoms with van der Waals surface area (Å²) in [5.74, 6) is -0.291. The minimum atomic E-state index is -0.499. The molecule has 0 spiro atoms.